The predicted octanol–water partition coefficient (Wildman–Crippen LogP) is 2.36. The molecule has 0 heterocycles. The van der Waals surface area contributed by atoms with Gasteiger partial charge in [0.05, 0.1) is 12.7 Å². The molecule has 0 radical (unpaired) electrons. The van der Waals surface area contributed by atoms with Gasteiger partial charge in [0.2, 0.25) is 0 Å². The van der Waals surface area contributed by atoms with Crippen molar-refractivity contribution >= 4 is 11.6 Å². The van der Waals surface area contributed by atoms with E-state index in [-0.39, 0.29) is 16.3 Å². The minimum absolute atomic E-state index is 0.0773. The second-order valence-corrected chi connectivity index (χ2v) is 2.46. The van der Waals surface area contributed by atoms with Crippen molar-refractivity contribution in [3.8, 4) is 11.8 Å². The van der Waals surface area contributed by atoms with E-state index in [1.165, 1.54) is 7.11 Å². The normalized spacial score (nSPS) is 9.17. The number of rotatable bonds is 1. The number of hydrogen-bond donors (Lipinski definition) is 0. The molecule has 1 aromatic rings. The van der Waals surface area contributed by atoms with Crippen LogP contribution in [0.2, 0.25) is 5.02 Å². The van der Waals surface area contributed by atoms with Gasteiger partial charge in [-0.25, -0.2) is 4.39 Å². The van der Waals surface area contributed by atoms with Crippen LogP contribution in [0, 0.1) is 17.1 Å². The number of nitriles is 1. The molecule has 12 heavy (non-hydrogen) atoms. The Hall–Kier alpha value is -1.27. The lowest BCUT2D eigenvalue weighted by molar-refractivity contribution is 0.411. The molecule has 0 aliphatic carbocycles. The molecule has 0 bridgehead atoms. The first-order valence-electron chi connectivity index (χ1n) is 3.12. The van der Waals surface area contributed by atoms with Gasteiger partial charge in [-0.1, -0.05) is 11.6 Å². The molecule has 0 unspecified atom stereocenters. The number of hydrogen-bond acceptors (Lipinski definition) is 2. The number of ether oxygens (including phenoxy) is 1. The lowest BCUT2D eigenvalue weighted by Gasteiger charge is -2.03. The van der Waals surface area contributed by atoms with E-state index in [9.17, 15) is 4.39 Å². The monoisotopic (exact) mass is 185 g/mol. The Balaban J connectivity index is 3.34. The lowest BCUT2D eigenvalue weighted by atomic mass is 10.2. The van der Waals surface area contributed by atoms with Gasteiger partial charge >= 0.3 is 0 Å². The Morgan fingerprint density at radius 3 is 2.75 bits per heavy atom. The van der Waals surface area contributed by atoms with Crippen LogP contribution in [0.5, 0.6) is 5.75 Å². The molecule has 2 nitrogen and oxygen atoms in total. The fourth-order valence-electron chi connectivity index (χ4n) is 0.794. The van der Waals surface area contributed by atoms with Crippen molar-refractivity contribution in [3.05, 3.63) is 28.5 Å². The van der Waals surface area contributed by atoms with Crippen molar-refractivity contribution in [2.45, 2.75) is 0 Å². The van der Waals surface area contributed by atoms with Crippen molar-refractivity contribution in [2.24, 2.45) is 0 Å². The zero-order valence-electron chi connectivity index (χ0n) is 6.27. The highest BCUT2D eigenvalue weighted by atomic mass is 35.5. The number of benzene rings is 1. The zero-order chi connectivity index (χ0) is 9.14. The fourth-order valence-corrected chi connectivity index (χ4v) is 1.02. The number of nitrogens with zero attached hydrogens (tertiary/aromatic N) is 1. The molecule has 62 valence electrons. The molecule has 0 fully saturated rings. The lowest BCUT2D eigenvalue weighted by Crippen LogP contribution is -1.89. The maximum atomic E-state index is 12.7. The van der Waals surface area contributed by atoms with Crippen LogP contribution in [0.15, 0.2) is 12.1 Å². The average Bonchev–Trinajstić information content (AvgIpc) is 2.08. The third-order valence-electron chi connectivity index (χ3n) is 1.34. The molecule has 0 aliphatic rings. The Morgan fingerprint density at radius 2 is 2.25 bits per heavy atom. The summed E-state index contributed by atoms with van der Waals surface area (Å²) in [4.78, 5) is 0. The van der Waals surface area contributed by atoms with Crippen LogP contribution in [0.4, 0.5) is 4.39 Å². The third-order valence-corrected chi connectivity index (χ3v) is 1.73. The summed E-state index contributed by atoms with van der Waals surface area (Å²) in [5.41, 5.74) is 0.0773. The first-order valence-corrected chi connectivity index (χ1v) is 3.50. The van der Waals surface area contributed by atoms with Gasteiger partial charge in [-0.15, -0.1) is 0 Å². The van der Waals surface area contributed by atoms with Crippen LogP contribution in [0.1, 0.15) is 5.56 Å². The van der Waals surface area contributed by atoms with Gasteiger partial charge in [0.15, 0.2) is 0 Å². The SMILES string of the molecule is COc1cc(F)cc(C#N)c1Cl. The molecule has 0 spiro atoms. The Kier molecular flexibility index (Phi) is 2.51. The molecular weight excluding hydrogens is 181 g/mol. The quantitative estimate of drug-likeness (QED) is 0.673. The van der Waals surface area contributed by atoms with Gasteiger partial charge in [-0.3, -0.25) is 0 Å². The fraction of sp³-hybridized carbons (Fsp3) is 0.125. The van der Waals surface area contributed by atoms with Crippen molar-refractivity contribution in [2.75, 3.05) is 7.11 Å². The summed E-state index contributed by atoms with van der Waals surface area (Å²) in [5.74, 6) is -0.360. The van der Waals surface area contributed by atoms with Crippen LogP contribution in [-0.4, -0.2) is 7.11 Å². The molecule has 0 aliphatic heterocycles. The largest absolute Gasteiger partial charge is 0.495 e. The van der Waals surface area contributed by atoms with Gasteiger partial charge in [-0.05, 0) is 6.07 Å². The van der Waals surface area contributed by atoms with E-state index < -0.39 is 5.82 Å². The van der Waals surface area contributed by atoms with E-state index in [0.717, 1.165) is 12.1 Å². The number of halogens is 2. The van der Waals surface area contributed by atoms with Crippen molar-refractivity contribution in [1.82, 2.24) is 0 Å². The van der Waals surface area contributed by atoms with Crippen LogP contribution in [0.3, 0.4) is 0 Å². The molecule has 4 heteroatoms. The standard InChI is InChI=1S/C8H5ClFNO/c1-12-7-3-6(10)2-5(4-11)8(7)9/h2-3H,1H3. The van der Waals surface area contributed by atoms with E-state index in [2.05, 4.69) is 0 Å². The van der Waals surface area contributed by atoms with E-state index in [0.29, 0.717) is 0 Å². The topological polar surface area (TPSA) is 33.0 Å². The van der Waals surface area contributed by atoms with Crippen molar-refractivity contribution in [1.29, 1.82) is 5.26 Å². The smallest absolute Gasteiger partial charge is 0.141 e. The molecule has 1 aromatic carbocycles. The maximum absolute atomic E-state index is 12.7. The van der Waals surface area contributed by atoms with Crippen LogP contribution < -0.4 is 4.74 Å². The Labute approximate surface area is 74.1 Å². The molecule has 0 amide bonds. The summed E-state index contributed by atoms with van der Waals surface area (Å²) in [6.45, 7) is 0. The van der Waals surface area contributed by atoms with Gasteiger partial charge in [0.1, 0.15) is 22.7 Å². The van der Waals surface area contributed by atoms with Crippen LogP contribution in [0.25, 0.3) is 0 Å². The minimum atomic E-state index is -0.534. The van der Waals surface area contributed by atoms with Gasteiger partial charge in [0, 0.05) is 6.07 Å². The van der Waals surface area contributed by atoms with Crippen molar-refractivity contribution < 1.29 is 9.13 Å². The average molecular weight is 186 g/mol. The van der Waals surface area contributed by atoms with E-state index in [4.69, 9.17) is 21.6 Å². The summed E-state index contributed by atoms with van der Waals surface area (Å²) < 4.78 is 17.4. The minimum Gasteiger partial charge on any atom is -0.495 e. The predicted molar refractivity (Wildman–Crippen MR) is 42.7 cm³/mol. The first-order chi connectivity index (χ1) is 5.69. The van der Waals surface area contributed by atoms with E-state index >= 15 is 0 Å². The summed E-state index contributed by atoms with van der Waals surface area (Å²) in [6, 6.07) is 3.95. The summed E-state index contributed by atoms with van der Waals surface area (Å²) >= 11 is 5.67. The summed E-state index contributed by atoms with van der Waals surface area (Å²) in [5, 5.41) is 8.65. The van der Waals surface area contributed by atoms with Crippen molar-refractivity contribution in [3.63, 3.8) is 0 Å². The molecule has 0 aromatic heterocycles. The second-order valence-electron chi connectivity index (χ2n) is 2.08. The summed E-state index contributed by atoms with van der Waals surface area (Å²) in [7, 11) is 1.36. The number of methoxy groups -OCH3 is 1. The molecular formula is C8H5ClFNO. The molecule has 0 saturated heterocycles. The maximum Gasteiger partial charge on any atom is 0.141 e. The van der Waals surface area contributed by atoms with Crippen LogP contribution >= 0.6 is 11.6 Å². The molecule has 0 saturated carbocycles. The van der Waals surface area contributed by atoms with Crippen LogP contribution in [-0.2, 0) is 0 Å². The van der Waals surface area contributed by atoms with Gasteiger partial charge in [-0.2, -0.15) is 5.26 Å². The molecule has 1 rings (SSSR count). The Morgan fingerprint density at radius 1 is 1.58 bits per heavy atom. The van der Waals surface area contributed by atoms with Gasteiger partial charge < -0.3 is 4.74 Å². The van der Waals surface area contributed by atoms with Gasteiger partial charge in [0.25, 0.3) is 0 Å². The third kappa shape index (κ3) is 1.49. The highest BCUT2D eigenvalue weighted by Gasteiger charge is 2.08. The van der Waals surface area contributed by atoms with E-state index in [1.807, 2.05) is 0 Å². The summed E-state index contributed by atoms with van der Waals surface area (Å²) in [6.07, 6.45) is 0. The first kappa shape index (κ1) is 8.82. The highest BCUT2D eigenvalue weighted by molar-refractivity contribution is 6.33. The zero-order valence-corrected chi connectivity index (χ0v) is 7.02. The molecule has 0 N–H and O–H groups in total. The highest BCUT2D eigenvalue weighted by Crippen LogP contribution is 2.28. The second kappa shape index (κ2) is 3.42. The molecule has 0 atom stereocenters. The van der Waals surface area contributed by atoms with E-state index in [1.54, 1.807) is 6.07 Å². The Bertz CT molecular complexity index is 346.